The Labute approximate surface area is 175 Å². The van der Waals surface area contributed by atoms with Crippen LogP contribution in [0.25, 0.3) is 0 Å². The Kier molecular flexibility index (Phi) is 7.51. The summed E-state index contributed by atoms with van der Waals surface area (Å²) < 4.78 is 28.4. The summed E-state index contributed by atoms with van der Waals surface area (Å²) >= 11 is 0. The second-order valence-corrected chi connectivity index (χ2v) is 7.50. The SMILES string of the molecule is C=CCNC(=NCc1nnc(C)n1C)NC1CCN(Cc2ccc(F)c(F)c2)CC1. The van der Waals surface area contributed by atoms with Crippen molar-refractivity contribution in [3.63, 3.8) is 0 Å². The number of rotatable bonds is 7. The molecule has 0 bridgehead atoms. The molecular weight excluding hydrogens is 388 g/mol. The molecule has 0 radical (unpaired) electrons. The van der Waals surface area contributed by atoms with E-state index >= 15 is 0 Å². The van der Waals surface area contributed by atoms with E-state index < -0.39 is 11.6 Å². The quantitative estimate of drug-likeness (QED) is 0.411. The zero-order valence-corrected chi connectivity index (χ0v) is 17.5. The molecule has 2 aromatic rings. The van der Waals surface area contributed by atoms with Gasteiger partial charge < -0.3 is 15.2 Å². The van der Waals surface area contributed by atoms with Gasteiger partial charge in [0.15, 0.2) is 23.4 Å². The summed E-state index contributed by atoms with van der Waals surface area (Å²) in [5.74, 6) is 0.763. The van der Waals surface area contributed by atoms with Crippen LogP contribution in [-0.4, -0.2) is 51.3 Å². The van der Waals surface area contributed by atoms with Crippen molar-refractivity contribution >= 4 is 5.96 Å². The van der Waals surface area contributed by atoms with Crippen molar-refractivity contribution in [3.8, 4) is 0 Å². The molecule has 1 fully saturated rings. The van der Waals surface area contributed by atoms with Crippen LogP contribution < -0.4 is 10.6 Å². The number of benzene rings is 1. The van der Waals surface area contributed by atoms with Crippen LogP contribution in [0.2, 0.25) is 0 Å². The third-order valence-corrected chi connectivity index (χ3v) is 5.29. The minimum Gasteiger partial charge on any atom is -0.354 e. The van der Waals surface area contributed by atoms with Crippen molar-refractivity contribution in [3.05, 3.63) is 59.7 Å². The summed E-state index contributed by atoms with van der Waals surface area (Å²) in [5.41, 5.74) is 0.786. The van der Waals surface area contributed by atoms with Crippen LogP contribution in [0.3, 0.4) is 0 Å². The highest BCUT2D eigenvalue weighted by Crippen LogP contribution is 2.16. The van der Waals surface area contributed by atoms with Gasteiger partial charge in [0, 0.05) is 39.3 Å². The Morgan fingerprint density at radius 2 is 2.03 bits per heavy atom. The van der Waals surface area contributed by atoms with Crippen LogP contribution >= 0.6 is 0 Å². The molecule has 30 heavy (non-hydrogen) atoms. The Morgan fingerprint density at radius 1 is 1.27 bits per heavy atom. The van der Waals surface area contributed by atoms with E-state index in [1.807, 2.05) is 18.5 Å². The average Bonchev–Trinajstić information content (AvgIpc) is 3.06. The lowest BCUT2D eigenvalue weighted by Gasteiger charge is -2.33. The highest BCUT2D eigenvalue weighted by molar-refractivity contribution is 5.80. The molecule has 3 rings (SSSR count). The van der Waals surface area contributed by atoms with Gasteiger partial charge in [0.2, 0.25) is 0 Å². The molecule has 1 saturated heterocycles. The van der Waals surface area contributed by atoms with Gasteiger partial charge in [-0.25, -0.2) is 13.8 Å². The number of aliphatic imine (C=N–C) groups is 1. The zero-order valence-electron chi connectivity index (χ0n) is 17.5. The smallest absolute Gasteiger partial charge is 0.192 e. The molecule has 1 aliphatic rings. The maximum absolute atomic E-state index is 13.4. The minimum absolute atomic E-state index is 0.281. The van der Waals surface area contributed by atoms with E-state index in [0.29, 0.717) is 19.6 Å². The molecule has 2 N–H and O–H groups in total. The first-order chi connectivity index (χ1) is 14.5. The summed E-state index contributed by atoms with van der Waals surface area (Å²) in [6.45, 7) is 9.05. The molecule has 0 unspecified atom stereocenters. The number of halogens is 2. The number of piperidine rings is 1. The van der Waals surface area contributed by atoms with Crippen molar-refractivity contribution in [1.29, 1.82) is 0 Å². The summed E-state index contributed by atoms with van der Waals surface area (Å²) in [7, 11) is 1.92. The van der Waals surface area contributed by atoms with E-state index in [0.717, 1.165) is 49.1 Å². The van der Waals surface area contributed by atoms with Crippen molar-refractivity contribution in [2.24, 2.45) is 12.0 Å². The summed E-state index contributed by atoms with van der Waals surface area (Å²) in [6.07, 6.45) is 3.65. The molecule has 0 atom stereocenters. The van der Waals surface area contributed by atoms with Gasteiger partial charge in [-0.15, -0.1) is 16.8 Å². The Hall–Kier alpha value is -2.81. The van der Waals surface area contributed by atoms with Crippen LogP contribution in [0.5, 0.6) is 0 Å². The van der Waals surface area contributed by atoms with Crippen LogP contribution in [0.1, 0.15) is 30.1 Å². The Bertz CT molecular complexity index is 885. The van der Waals surface area contributed by atoms with E-state index in [2.05, 4.69) is 37.3 Å². The number of guanidine groups is 1. The number of aromatic nitrogens is 3. The summed E-state index contributed by atoms with van der Waals surface area (Å²) in [4.78, 5) is 6.89. The van der Waals surface area contributed by atoms with E-state index in [-0.39, 0.29) is 6.04 Å². The second-order valence-electron chi connectivity index (χ2n) is 7.50. The van der Waals surface area contributed by atoms with Crippen LogP contribution in [0.15, 0.2) is 35.8 Å². The fourth-order valence-electron chi connectivity index (χ4n) is 3.38. The predicted molar refractivity (Wildman–Crippen MR) is 113 cm³/mol. The van der Waals surface area contributed by atoms with Gasteiger partial charge in [-0.2, -0.15) is 0 Å². The van der Waals surface area contributed by atoms with Crippen molar-refractivity contribution in [2.75, 3.05) is 19.6 Å². The van der Waals surface area contributed by atoms with Crippen molar-refractivity contribution in [1.82, 2.24) is 30.3 Å². The largest absolute Gasteiger partial charge is 0.354 e. The molecule has 1 aliphatic heterocycles. The molecule has 0 aliphatic carbocycles. The standard InChI is InChI=1S/C21H29F2N7/c1-4-9-24-21(25-13-20-28-27-15(2)29(20)3)26-17-7-10-30(11-8-17)14-16-5-6-18(22)19(23)12-16/h4-6,12,17H,1,7-11,13-14H2,2-3H3,(H2,24,25,26). The topological polar surface area (TPSA) is 70.4 Å². The van der Waals surface area contributed by atoms with Crippen LogP contribution in [0, 0.1) is 18.6 Å². The number of hydrogen-bond donors (Lipinski definition) is 2. The van der Waals surface area contributed by atoms with E-state index in [9.17, 15) is 8.78 Å². The monoisotopic (exact) mass is 417 g/mol. The molecule has 0 saturated carbocycles. The molecule has 7 nitrogen and oxygen atoms in total. The van der Waals surface area contributed by atoms with Gasteiger partial charge in [0.05, 0.1) is 0 Å². The molecule has 1 aromatic carbocycles. The van der Waals surface area contributed by atoms with Gasteiger partial charge in [0.25, 0.3) is 0 Å². The first-order valence-electron chi connectivity index (χ1n) is 10.1. The highest BCUT2D eigenvalue weighted by atomic mass is 19.2. The second kappa shape index (κ2) is 10.3. The molecule has 9 heteroatoms. The lowest BCUT2D eigenvalue weighted by molar-refractivity contribution is 0.198. The third-order valence-electron chi connectivity index (χ3n) is 5.29. The molecule has 162 valence electrons. The van der Waals surface area contributed by atoms with Crippen molar-refractivity contribution in [2.45, 2.75) is 38.9 Å². The number of aryl methyl sites for hydroxylation is 1. The maximum atomic E-state index is 13.4. The Morgan fingerprint density at radius 3 is 2.67 bits per heavy atom. The molecule has 2 heterocycles. The van der Waals surface area contributed by atoms with Crippen LogP contribution in [0.4, 0.5) is 8.78 Å². The van der Waals surface area contributed by atoms with Gasteiger partial charge in [-0.1, -0.05) is 12.1 Å². The number of nitrogens with zero attached hydrogens (tertiary/aromatic N) is 5. The average molecular weight is 418 g/mol. The first-order valence-corrected chi connectivity index (χ1v) is 10.1. The zero-order chi connectivity index (χ0) is 21.5. The van der Waals surface area contributed by atoms with Crippen molar-refractivity contribution < 1.29 is 8.78 Å². The van der Waals surface area contributed by atoms with Gasteiger partial charge in [-0.3, -0.25) is 4.90 Å². The van der Waals surface area contributed by atoms with Gasteiger partial charge >= 0.3 is 0 Å². The molecular formula is C21H29F2N7. The Balaban J connectivity index is 1.53. The van der Waals surface area contributed by atoms with E-state index in [4.69, 9.17) is 0 Å². The van der Waals surface area contributed by atoms with Crippen LogP contribution in [-0.2, 0) is 20.1 Å². The molecule has 1 aromatic heterocycles. The lowest BCUT2D eigenvalue weighted by Crippen LogP contribution is -2.48. The first kappa shape index (κ1) is 21.9. The lowest BCUT2D eigenvalue weighted by atomic mass is 10.0. The predicted octanol–water partition coefficient (Wildman–Crippen LogP) is 2.29. The van der Waals surface area contributed by atoms with Gasteiger partial charge in [-0.05, 0) is 37.5 Å². The fourth-order valence-corrected chi connectivity index (χ4v) is 3.38. The fraction of sp³-hybridized carbons (Fsp3) is 0.476. The number of nitrogens with one attached hydrogen (secondary N) is 2. The third kappa shape index (κ3) is 5.85. The summed E-state index contributed by atoms with van der Waals surface area (Å²) in [6, 6.07) is 4.38. The van der Waals surface area contributed by atoms with E-state index in [1.54, 1.807) is 12.1 Å². The summed E-state index contributed by atoms with van der Waals surface area (Å²) in [5, 5.41) is 14.9. The minimum atomic E-state index is -0.808. The maximum Gasteiger partial charge on any atom is 0.192 e. The van der Waals surface area contributed by atoms with E-state index in [1.165, 1.54) is 12.1 Å². The normalized spacial score (nSPS) is 15.9. The number of likely N-dealkylation sites (tertiary alicyclic amines) is 1. The number of hydrogen-bond acceptors (Lipinski definition) is 4. The molecule has 0 amide bonds. The van der Waals surface area contributed by atoms with Gasteiger partial charge in [0.1, 0.15) is 12.4 Å². The highest BCUT2D eigenvalue weighted by Gasteiger charge is 2.20. The molecule has 0 spiro atoms.